The minimum Gasteiger partial charge on any atom is -0.872 e. The van der Waals surface area contributed by atoms with E-state index in [-0.39, 0.29) is 35.3 Å². The zero-order valence-electron chi connectivity index (χ0n) is 9.82. The molecule has 0 fully saturated rings. The molecule has 0 atom stereocenters. The fourth-order valence-corrected chi connectivity index (χ4v) is 1.05. The Bertz CT molecular complexity index is 429. The number of benzene rings is 2. The predicted octanol–water partition coefficient (Wildman–Crippen LogP) is 0.470. The number of para-hydroxylation sites is 1. The molecule has 0 saturated heterocycles. The average Bonchev–Trinajstić information content (AvgIpc) is 2.31. The summed E-state index contributed by atoms with van der Waals surface area (Å²) < 4.78 is 35.4. The molecule has 2 rings (SSSR count). The van der Waals surface area contributed by atoms with Crippen molar-refractivity contribution in [3.05, 3.63) is 66.2 Å². The number of rotatable bonds is 0. The van der Waals surface area contributed by atoms with E-state index >= 15 is 0 Å². The molecule has 5 heteroatoms. The molecule has 0 radical (unpaired) electrons. The monoisotopic (exact) mass is 262 g/mol. The van der Waals surface area contributed by atoms with Gasteiger partial charge in [0.15, 0.2) is 0 Å². The third-order valence-corrected chi connectivity index (χ3v) is 1.84. The first kappa shape index (κ1) is 17.0. The van der Waals surface area contributed by atoms with Crippen molar-refractivity contribution in [2.45, 2.75) is 6.18 Å². The Kier molecular flexibility index (Phi) is 7.75. The van der Waals surface area contributed by atoms with E-state index in [0.29, 0.717) is 0 Å². The van der Waals surface area contributed by atoms with Gasteiger partial charge in [-0.3, -0.25) is 0 Å². The van der Waals surface area contributed by atoms with Crippen LogP contribution in [-0.4, -0.2) is 0 Å². The molecular weight excluding hydrogens is 252 g/mol. The van der Waals surface area contributed by atoms with Crippen LogP contribution in [0.2, 0.25) is 0 Å². The van der Waals surface area contributed by atoms with E-state index in [1.807, 2.05) is 6.07 Å². The molecule has 0 saturated carbocycles. The Morgan fingerprint density at radius 3 is 1.33 bits per heavy atom. The van der Waals surface area contributed by atoms with Crippen molar-refractivity contribution >= 4 is 0 Å². The third-order valence-electron chi connectivity index (χ3n) is 1.84. The molecule has 0 amide bonds. The summed E-state index contributed by atoms with van der Waals surface area (Å²) >= 11 is 0. The summed E-state index contributed by atoms with van der Waals surface area (Å²) in [6.45, 7) is 0. The van der Waals surface area contributed by atoms with Gasteiger partial charge in [0.2, 0.25) is 0 Å². The fraction of sp³-hybridized carbons (Fsp3) is 0.0769. The summed E-state index contributed by atoms with van der Waals surface area (Å²) in [4.78, 5) is 0. The van der Waals surface area contributed by atoms with Crippen LogP contribution in [0.15, 0.2) is 60.7 Å². The van der Waals surface area contributed by atoms with Crippen LogP contribution in [0.25, 0.3) is 0 Å². The smallest absolute Gasteiger partial charge is 0.872 e. The van der Waals surface area contributed by atoms with Gasteiger partial charge >= 0.3 is 35.7 Å². The Balaban J connectivity index is 0.000000321. The van der Waals surface area contributed by atoms with E-state index in [4.69, 9.17) is 0 Å². The topological polar surface area (TPSA) is 23.1 Å². The number of alkyl halides is 3. The van der Waals surface area contributed by atoms with E-state index in [9.17, 15) is 18.3 Å². The van der Waals surface area contributed by atoms with Gasteiger partial charge in [0.25, 0.3) is 0 Å². The van der Waals surface area contributed by atoms with E-state index in [1.165, 1.54) is 24.3 Å². The van der Waals surface area contributed by atoms with Gasteiger partial charge < -0.3 is 5.11 Å². The molecule has 0 aromatic heterocycles. The summed E-state index contributed by atoms with van der Waals surface area (Å²) in [5.74, 6) is 0.0718. The van der Waals surface area contributed by atoms with Gasteiger partial charge in [-0.25, -0.2) is 0 Å². The maximum atomic E-state index is 11.8. The van der Waals surface area contributed by atoms with Crippen molar-refractivity contribution in [1.82, 2.24) is 0 Å². The van der Waals surface area contributed by atoms with Crippen molar-refractivity contribution in [3.8, 4) is 5.75 Å². The van der Waals surface area contributed by atoms with Crippen molar-refractivity contribution < 1.29 is 47.8 Å². The van der Waals surface area contributed by atoms with Crippen LogP contribution in [0.5, 0.6) is 5.75 Å². The van der Waals surface area contributed by atoms with Crippen LogP contribution in [0.3, 0.4) is 0 Å². The van der Waals surface area contributed by atoms with Gasteiger partial charge in [0.05, 0.1) is 5.56 Å². The molecular formula is C13H10F3NaO. The summed E-state index contributed by atoms with van der Waals surface area (Å²) in [7, 11) is 0. The molecule has 2 aromatic rings. The maximum Gasteiger partial charge on any atom is 1.00 e. The summed E-state index contributed by atoms with van der Waals surface area (Å²) in [5, 5.41) is 10.3. The van der Waals surface area contributed by atoms with E-state index in [2.05, 4.69) is 0 Å². The molecule has 0 N–H and O–H groups in total. The van der Waals surface area contributed by atoms with Crippen molar-refractivity contribution in [2.75, 3.05) is 0 Å². The average molecular weight is 262 g/mol. The quantitative estimate of drug-likeness (QED) is 0.633. The van der Waals surface area contributed by atoms with Crippen molar-refractivity contribution in [1.29, 1.82) is 0 Å². The minimum atomic E-state index is -4.21. The zero-order valence-corrected chi connectivity index (χ0v) is 11.8. The molecule has 0 unspecified atom stereocenters. The Morgan fingerprint density at radius 1 is 0.722 bits per heavy atom. The number of hydrogen-bond acceptors (Lipinski definition) is 1. The molecule has 2 aromatic carbocycles. The van der Waals surface area contributed by atoms with Crippen molar-refractivity contribution in [3.63, 3.8) is 0 Å². The Morgan fingerprint density at radius 2 is 1.11 bits per heavy atom. The molecule has 0 aliphatic heterocycles. The molecule has 0 bridgehead atoms. The SMILES string of the molecule is FC(F)(F)c1ccccc1.[Na+].[O-]c1ccccc1. The third kappa shape index (κ3) is 6.69. The summed E-state index contributed by atoms with van der Waals surface area (Å²) in [6, 6.07) is 14.7. The van der Waals surface area contributed by atoms with E-state index < -0.39 is 11.7 Å². The fourth-order valence-electron chi connectivity index (χ4n) is 1.05. The Labute approximate surface area is 126 Å². The predicted molar refractivity (Wildman–Crippen MR) is 57.3 cm³/mol. The van der Waals surface area contributed by atoms with Crippen LogP contribution >= 0.6 is 0 Å². The van der Waals surface area contributed by atoms with Crippen molar-refractivity contribution in [2.24, 2.45) is 0 Å². The summed E-state index contributed by atoms with van der Waals surface area (Å²) in [6.07, 6.45) is -4.21. The maximum absolute atomic E-state index is 11.8. The van der Waals surface area contributed by atoms with Gasteiger partial charge in [0.1, 0.15) is 0 Å². The number of halogens is 3. The standard InChI is InChI=1S/C7H5F3.C6H6O.Na/c8-7(9,10)6-4-2-1-3-5-6;7-6-4-2-1-3-5-6;/h1-5H;1-5,7H;/q;;+1/p-1. The first-order valence-electron chi connectivity index (χ1n) is 4.84. The molecule has 0 spiro atoms. The van der Waals surface area contributed by atoms with Crippen LogP contribution < -0.4 is 34.7 Å². The second-order valence-electron chi connectivity index (χ2n) is 3.18. The van der Waals surface area contributed by atoms with E-state index in [0.717, 1.165) is 12.1 Å². The molecule has 0 heterocycles. The van der Waals surface area contributed by atoms with Crippen LogP contribution in [0.4, 0.5) is 13.2 Å². The molecule has 90 valence electrons. The second-order valence-corrected chi connectivity index (χ2v) is 3.18. The van der Waals surface area contributed by atoms with Gasteiger partial charge in [-0.05, 0) is 0 Å². The molecule has 1 nitrogen and oxygen atoms in total. The summed E-state index contributed by atoms with van der Waals surface area (Å²) in [5.41, 5.74) is -0.602. The first-order chi connectivity index (χ1) is 8.00. The van der Waals surface area contributed by atoms with Gasteiger partial charge in [0, 0.05) is 0 Å². The normalized spacial score (nSPS) is 9.72. The number of hydrogen-bond donors (Lipinski definition) is 0. The van der Waals surface area contributed by atoms with Gasteiger partial charge in [-0.2, -0.15) is 13.2 Å². The second kappa shape index (κ2) is 8.19. The minimum absolute atomic E-state index is 0. The van der Waals surface area contributed by atoms with Crippen LogP contribution in [0.1, 0.15) is 5.56 Å². The first-order valence-corrected chi connectivity index (χ1v) is 4.84. The molecule has 0 aliphatic rings. The zero-order chi connectivity index (χ0) is 12.7. The molecule has 0 aliphatic carbocycles. The largest absolute Gasteiger partial charge is 1.00 e. The van der Waals surface area contributed by atoms with Crippen LogP contribution in [0, 0.1) is 0 Å². The van der Waals surface area contributed by atoms with Gasteiger partial charge in [-0.1, -0.05) is 60.7 Å². The van der Waals surface area contributed by atoms with Crippen LogP contribution in [-0.2, 0) is 6.18 Å². The Hall–Kier alpha value is -0.970. The van der Waals surface area contributed by atoms with E-state index in [1.54, 1.807) is 18.2 Å². The van der Waals surface area contributed by atoms with Gasteiger partial charge in [-0.15, -0.1) is 5.75 Å². The molecule has 18 heavy (non-hydrogen) atoms.